The summed E-state index contributed by atoms with van der Waals surface area (Å²) in [5.74, 6) is 0.0324. The molecule has 2 aromatic heterocycles. The van der Waals surface area contributed by atoms with Gasteiger partial charge in [-0.05, 0) is 53.1 Å². The van der Waals surface area contributed by atoms with Crippen LogP contribution in [-0.2, 0) is 0 Å². The van der Waals surface area contributed by atoms with Gasteiger partial charge in [0.25, 0.3) is 11.8 Å². The summed E-state index contributed by atoms with van der Waals surface area (Å²) < 4.78 is 0. The largest absolute Gasteiger partial charge is 0.344 e. The third kappa shape index (κ3) is 4.39. The Balaban J connectivity index is 1.66. The Morgan fingerprint density at radius 2 is 1.58 bits per heavy atom. The highest BCUT2D eigenvalue weighted by Crippen LogP contribution is 2.26. The van der Waals surface area contributed by atoms with E-state index in [0.29, 0.717) is 22.0 Å². The van der Waals surface area contributed by atoms with Crippen LogP contribution in [0.2, 0.25) is 0 Å². The first-order valence-electron chi connectivity index (χ1n) is 8.34. The van der Waals surface area contributed by atoms with Crippen LogP contribution in [-0.4, -0.2) is 11.8 Å². The minimum Gasteiger partial charge on any atom is -0.344 e. The molecule has 6 heteroatoms. The van der Waals surface area contributed by atoms with E-state index in [1.807, 2.05) is 29.0 Å². The molecule has 2 heterocycles. The Morgan fingerprint density at radius 3 is 2.15 bits per heavy atom. The molecule has 0 fully saturated rings. The molecule has 0 bridgehead atoms. The number of carbonyl (C=O) groups is 2. The molecular weight excluding hydrogens is 364 g/mol. The zero-order valence-electron chi connectivity index (χ0n) is 14.6. The third-order valence-electron chi connectivity index (χ3n) is 3.95. The monoisotopic (exact) mass is 384 g/mol. The molecule has 0 saturated carbocycles. The van der Waals surface area contributed by atoms with Gasteiger partial charge in [-0.15, -0.1) is 22.7 Å². The number of carbonyl (C=O) groups excluding carboxylic acids is 2. The predicted molar refractivity (Wildman–Crippen MR) is 108 cm³/mol. The normalized spacial score (nSPS) is 12.0. The van der Waals surface area contributed by atoms with Crippen molar-refractivity contribution in [1.82, 2.24) is 5.32 Å². The average molecular weight is 385 g/mol. The van der Waals surface area contributed by atoms with Crippen molar-refractivity contribution >= 4 is 40.2 Å². The van der Waals surface area contributed by atoms with E-state index in [1.165, 1.54) is 11.3 Å². The smallest absolute Gasteiger partial charge is 0.265 e. The summed E-state index contributed by atoms with van der Waals surface area (Å²) in [6, 6.07) is 14.6. The van der Waals surface area contributed by atoms with Gasteiger partial charge in [0.15, 0.2) is 0 Å². The Morgan fingerprint density at radius 1 is 0.885 bits per heavy atom. The first-order valence-corrected chi connectivity index (χ1v) is 10.1. The van der Waals surface area contributed by atoms with Gasteiger partial charge in [0.2, 0.25) is 0 Å². The molecule has 134 valence electrons. The van der Waals surface area contributed by atoms with Crippen molar-refractivity contribution in [3.63, 3.8) is 0 Å². The standard InChI is InChI=1S/C20H20N2O2S2/c1-13(2)18(16-5-3-11-25-16)22-19(23)14-7-9-15(10-8-14)21-20(24)17-6-4-12-26-17/h3-13,18H,1-2H3,(H,21,24)(H,22,23)/t18-/m0/s1. The summed E-state index contributed by atoms with van der Waals surface area (Å²) in [5.41, 5.74) is 1.24. The molecule has 0 aliphatic carbocycles. The maximum absolute atomic E-state index is 12.6. The lowest BCUT2D eigenvalue weighted by Crippen LogP contribution is -2.31. The summed E-state index contributed by atoms with van der Waals surface area (Å²) in [5, 5.41) is 9.81. The predicted octanol–water partition coefficient (Wildman–Crippen LogP) is 5.19. The Bertz CT molecular complexity index is 854. The molecule has 0 unspecified atom stereocenters. The molecular formula is C20H20N2O2S2. The fourth-order valence-electron chi connectivity index (χ4n) is 2.56. The number of hydrogen-bond donors (Lipinski definition) is 2. The summed E-state index contributed by atoms with van der Waals surface area (Å²) in [7, 11) is 0. The highest BCUT2D eigenvalue weighted by molar-refractivity contribution is 7.12. The van der Waals surface area contributed by atoms with Crippen LogP contribution in [0.25, 0.3) is 0 Å². The molecule has 0 saturated heterocycles. The highest BCUT2D eigenvalue weighted by atomic mass is 32.1. The zero-order valence-corrected chi connectivity index (χ0v) is 16.2. The number of amides is 2. The maximum Gasteiger partial charge on any atom is 0.265 e. The maximum atomic E-state index is 12.6. The van der Waals surface area contributed by atoms with Crippen LogP contribution in [0, 0.1) is 5.92 Å². The van der Waals surface area contributed by atoms with Crippen LogP contribution < -0.4 is 10.6 Å². The van der Waals surface area contributed by atoms with Crippen LogP contribution in [0.5, 0.6) is 0 Å². The number of thiophene rings is 2. The molecule has 1 atom stereocenters. The molecule has 1 aromatic carbocycles. The molecule has 0 aliphatic rings. The second-order valence-electron chi connectivity index (χ2n) is 6.22. The van der Waals surface area contributed by atoms with Gasteiger partial charge >= 0.3 is 0 Å². The molecule has 4 nitrogen and oxygen atoms in total. The average Bonchev–Trinajstić information content (AvgIpc) is 3.33. The summed E-state index contributed by atoms with van der Waals surface area (Å²) in [6.45, 7) is 4.18. The lowest BCUT2D eigenvalue weighted by atomic mass is 10.0. The summed E-state index contributed by atoms with van der Waals surface area (Å²) in [4.78, 5) is 26.5. The van der Waals surface area contributed by atoms with Crippen molar-refractivity contribution < 1.29 is 9.59 Å². The second-order valence-corrected chi connectivity index (χ2v) is 8.15. The molecule has 0 spiro atoms. The van der Waals surface area contributed by atoms with E-state index < -0.39 is 0 Å². The number of anilines is 1. The molecule has 2 amide bonds. The van der Waals surface area contributed by atoms with Crippen molar-refractivity contribution in [1.29, 1.82) is 0 Å². The van der Waals surface area contributed by atoms with E-state index in [0.717, 1.165) is 4.88 Å². The second kappa shape index (κ2) is 8.29. The summed E-state index contributed by atoms with van der Waals surface area (Å²) in [6.07, 6.45) is 0. The van der Waals surface area contributed by atoms with Gasteiger partial charge in [-0.1, -0.05) is 26.0 Å². The van der Waals surface area contributed by atoms with E-state index in [2.05, 4.69) is 24.5 Å². The molecule has 0 aliphatic heterocycles. The van der Waals surface area contributed by atoms with Gasteiger partial charge in [0, 0.05) is 16.1 Å². The first-order chi connectivity index (χ1) is 12.5. The number of rotatable bonds is 6. The highest BCUT2D eigenvalue weighted by Gasteiger charge is 2.20. The van der Waals surface area contributed by atoms with Gasteiger partial charge < -0.3 is 10.6 Å². The van der Waals surface area contributed by atoms with Crippen molar-refractivity contribution in [2.45, 2.75) is 19.9 Å². The van der Waals surface area contributed by atoms with Crippen LogP contribution >= 0.6 is 22.7 Å². The number of nitrogens with one attached hydrogen (secondary N) is 2. The minimum atomic E-state index is -0.144. The van der Waals surface area contributed by atoms with Crippen LogP contribution in [0.1, 0.15) is 44.8 Å². The molecule has 2 N–H and O–H groups in total. The van der Waals surface area contributed by atoms with E-state index in [4.69, 9.17) is 0 Å². The van der Waals surface area contributed by atoms with Gasteiger partial charge in [0.05, 0.1) is 10.9 Å². The van der Waals surface area contributed by atoms with Gasteiger partial charge in [-0.2, -0.15) is 0 Å². The lowest BCUT2D eigenvalue weighted by Gasteiger charge is -2.21. The van der Waals surface area contributed by atoms with E-state index in [1.54, 1.807) is 41.7 Å². The lowest BCUT2D eigenvalue weighted by molar-refractivity contribution is 0.0926. The van der Waals surface area contributed by atoms with Crippen molar-refractivity contribution in [3.8, 4) is 0 Å². The third-order valence-corrected chi connectivity index (χ3v) is 5.78. The van der Waals surface area contributed by atoms with Crippen LogP contribution in [0.3, 0.4) is 0 Å². The molecule has 3 aromatic rings. The van der Waals surface area contributed by atoms with E-state index >= 15 is 0 Å². The Hall–Kier alpha value is -2.44. The SMILES string of the molecule is CC(C)[C@H](NC(=O)c1ccc(NC(=O)c2cccs2)cc1)c1cccs1. The number of benzene rings is 1. The number of hydrogen-bond acceptors (Lipinski definition) is 4. The molecule has 0 radical (unpaired) electrons. The van der Waals surface area contributed by atoms with E-state index in [9.17, 15) is 9.59 Å². The van der Waals surface area contributed by atoms with Crippen molar-refractivity contribution in [2.24, 2.45) is 5.92 Å². The minimum absolute atomic E-state index is 0.0132. The molecule has 3 rings (SSSR count). The topological polar surface area (TPSA) is 58.2 Å². The van der Waals surface area contributed by atoms with Gasteiger partial charge in [0.1, 0.15) is 0 Å². The van der Waals surface area contributed by atoms with Gasteiger partial charge in [-0.3, -0.25) is 9.59 Å². The first kappa shape index (κ1) is 18.4. The fourth-order valence-corrected chi connectivity index (χ4v) is 4.13. The quantitative estimate of drug-likeness (QED) is 0.614. The van der Waals surface area contributed by atoms with Crippen LogP contribution in [0.15, 0.2) is 59.3 Å². The van der Waals surface area contributed by atoms with Crippen molar-refractivity contribution in [2.75, 3.05) is 5.32 Å². The molecule has 26 heavy (non-hydrogen) atoms. The fraction of sp³-hybridized carbons (Fsp3) is 0.200. The van der Waals surface area contributed by atoms with Crippen molar-refractivity contribution in [3.05, 3.63) is 74.6 Å². The Labute approximate surface area is 160 Å². The van der Waals surface area contributed by atoms with Gasteiger partial charge in [-0.25, -0.2) is 0 Å². The van der Waals surface area contributed by atoms with Crippen LogP contribution in [0.4, 0.5) is 5.69 Å². The summed E-state index contributed by atoms with van der Waals surface area (Å²) >= 11 is 3.03. The Kier molecular flexibility index (Phi) is 5.85. The zero-order chi connectivity index (χ0) is 18.5. The van der Waals surface area contributed by atoms with E-state index in [-0.39, 0.29) is 17.9 Å².